The summed E-state index contributed by atoms with van der Waals surface area (Å²) in [5.74, 6) is -0.298. The van der Waals surface area contributed by atoms with Crippen LogP contribution in [-0.2, 0) is 11.2 Å². The monoisotopic (exact) mass is 331 g/mol. The van der Waals surface area contributed by atoms with E-state index >= 15 is 0 Å². The van der Waals surface area contributed by atoms with E-state index < -0.39 is 0 Å². The minimum Gasteiger partial charge on any atom is -0.354 e. The molecule has 0 spiro atoms. The number of rotatable bonds is 7. The summed E-state index contributed by atoms with van der Waals surface area (Å²) >= 11 is 5.81. The zero-order chi connectivity index (χ0) is 16.5. The molecule has 120 valence electrons. The van der Waals surface area contributed by atoms with Crippen molar-refractivity contribution in [1.82, 2.24) is 15.6 Å². The Morgan fingerprint density at radius 3 is 2.43 bits per heavy atom. The summed E-state index contributed by atoms with van der Waals surface area (Å²) in [7, 11) is 0. The minimum atomic E-state index is -0.249. The molecule has 0 aliphatic rings. The highest BCUT2D eigenvalue weighted by atomic mass is 35.5. The van der Waals surface area contributed by atoms with Crippen LogP contribution < -0.4 is 10.6 Å². The van der Waals surface area contributed by atoms with Gasteiger partial charge in [0, 0.05) is 30.7 Å². The Kier molecular flexibility index (Phi) is 6.56. The highest BCUT2D eigenvalue weighted by molar-refractivity contribution is 6.30. The molecule has 2 N–H and O–H groups in total. The summed E-state index contributed by atoms with van der Waals surface area (Å²) in [4.78, 5) is 27.4. The first-order chi connectivity index (χ1) is 11.1. The van der Waals surface area contributed by atoms with Crippen LogP contribution in [0.4, 0.5) is 0 Å². The first kappa shape index (κ1) is 17.0. The number of nitrogens with zero attached hydrogens (tertiary/aromatic N) is 1. The number of carbonyl (C=O) groups is 2. The number of hydrogen-bond acceptors (Lipinski definition) is 3. The molecule has 0 fully saturated rings. The minimum absolute atomic E-state index is 0.0490. The lowest BCUT2D eigenvalue weighted by atomic mass is 10.1. The molecule has 0 unspecified atom stereocenters. The second kappa shape index (κ2) is 8.90. The van der Waals surface area contributed by atoms with Gasteiger partial charge in [-0.15, -0.1) is 0 Å². The van der Waals surface area contributed by atoms with E-state index in [9.17, 15) is 9.59 Å². The van der Waals surface area contributed by atoms with Gasteiger partial charge in [-0.25, -0.2) is 0 Å². The molecule has 0 atom stereocenters. The molecule has 6 heteroatoms. The molecule has 2 aromatic rings. The van der Waals surface area contributed by atoms with Crippen molar-refractivity contribution in [3.63, 3.8) is 0 Å². The van der Waals surface area contributed by atoms with Crippen LogP contribution in [0.25, 0.3) is 0 Å². The third-order valence-electron chi connectivity index (χ3n) is 3.18. The number of aromatic nitrogens is 1. The topological polar surface area (TPSA) is 71.1 Å². The summed E-state index contributed by atoms with van der Waals surface area (Å²) in [6.07, 6.45) is 2.62. The Bertz CT molecular complexity index is 645. The van der Waals surface area contributed by atoms with Crippen molar-refractivity contribution in [3.05, 3.63) is 64.9 Å². The fraction of sp³-hybridized carbons (Fsp3) is 0.235. The van der Waals surface area contributed by atoms with Crippen molar-refractivity contribution in [1.29, 1.82) is 0 Å². The molecule has 0 aliphatic heterocycles. The van der Waals surface area contributed by atoms with Gasteiger partial charge in [0.1, 0.15) is 5.69 Å². The van der Waals surface area contributed by atoms with Gasteiger partial charge in [0.05, 0.1) is 0 Å². The lowest BCUT2D eigenvalue weighted by Gasteiger charge is -2.07. The first-order valence-electron chi connectivity index (χ1n) is 7.35. The van der Waals surface area contributed by atoms with Crippen LogP contribution in [0.3, 0.4) is 0 Å². The number of benzene rings is 1. The van der Waals surface area contributed by atoms with Crippen molar-refractivity contribution < 1.29 is 9.59 Å². The Labute approximate surface area is 140 Å². The number of hydrogen-bond donors (Lipinski definition) is 2. The number of pyridine rings is 1. The molecule has 0 radical (unpaired) electrons. The van der Waals surface area contributed by atoms with Crippen molar-refractivity contribution in [2.45, 2.75) is 12.8 Å². The SMILES string of the molecule is O=C(CCc1ccc(Cl)cc1)NCCNC(=O)c1ccccn1. The Balaban J connectivity index is 1.61. The highest BCUT2D eigenvalue weighted by Gasteiger charge is 2.06. The maximum atomic E-state index is 11.7. The molecule has 1 heterocycles. The summed E-state index contributed by atoms with van der Waals surface area (Å²) in [6, 6.07) is 12.6. The van der Waals surface area contributed by atoms with Gasteiger partial charge in [-0.05, 0) is 36.2 Å². The van der Waals surface area contributed by atoms with E-state index in [1.165, 1.54) is 0 Å². The van der Waals surface area contributed by atoms with Gasteiger partial charge in [-0.1, -0.05) is 29.8 Å². The predicted molar refractivity (Wildman–Crippen MR) is 89.4 cm³/mol. The molecule has 0 saturated heterocycles. The first-order valence-corrected chi connectivity index (χ1v) is 7.73. The molecule has 0 saturated carbocycles. The van der Waals surface area contributed by atoms with E-state index in [1.54, 1.807) is 24.4 Å². The Hall–Kier alpha value is -2.40. The maximum absolute atomic E-state index is 11.7. The molecule has 1 aromatic heterocycles. The van der Waals surface area contributed by atoms with Crippen molar-refractivity contribution >= 4 is 23.4 Å². The largest absolute Gasteiger partial charge is 0.354 e. The quantitative estimate of drug-likeness (QED) is 0.764. The fourth-order valence-corrected chi connectivity index (χ4v) is 2.09. The molecule has 5 nitrogen and oxygen atoms in total. The van der Waals surface area contributed by atoms with Crippen LogP contribution in [0.5, 0.6) is 0 Å². The van der Waals surface area contributed by atoms with E-state index in [-0.39, 0.29) is 11.8 Å². The molecular weight excluding hydrogens is 314 g/mol. The van der Waals surface area contributed by atoms with Gasteiger partial charge in [0.15, 0.2) is 0 Å². The van der Waals surface area contributed by atoms with Crippen LogP contribution >= 0.6 is 11.6 Å². The maximum Gasteiger partial charge on any atom is 0.269 e. The van der Waals surface area contributed by atoms with Crippen molar-refractivity contribution in [3.8, 4) is 0 Å². The zero-order valence-corrected chi connectivity index (χ0v) is 13.3. The average Bonchev–Trinajstić information content (AvgIpc) is 2.59. The number of nitrogens with one attached hydrogen (secondary N) is 2. The molecule has 0 bridgehead atoms. The number of amides is 2. The lowest BCUT2D eigenvalue weighted by molar-refractivity contribution is -0.121. The van der Waals surface area contributed by atoms with Gasteiger partial charge >= 0.3 is 0 Å². The lowest BCUT2D eigenvalue weighted by Crippen LogP contribution is -2.35. The predicted octanol–water partition coefficient (Wildman–Crippen LogP) is 2.21. The molecule has 2 rings (SSSR count). The molecule has 2 amide bonds. The third kappa shape index (κ3) is 6.08. The van der Waals surface area contributed by atoms with Crippen LogP contribution in [0, 0.1) is 0 Å². The van der Waals surface area contributed by atoms with Crippen LogP contribution in [0.1, 0.15) is 22.5 Å². The Morgan fingerprint density at radius 1 is 1.00 bits per heavy atom. The van der Waals surface area contributed by atoms with E-state index in [1.807, 2.05) is 24.3 Å². The summed E-state index contributed by atoms with van der Waals surface area (Å²) in [6.45, 7) is 0.750. The number of aryl methyl sites for hydroxylation is 1. The standard InChI is InChI=1S/C17H18ClN3O2/c18-14-7-4-13(5-8-14)6-9-16(22)20-11-12-21-17(23)15-3-1-2-10-19-15/h1-5,7-8,10H,6,9,11-12H2,(H,20,22)(H,21,23). The van der Waals surface area contributed by atoms with E-state index in [0.29, 0.717) is 36.6 Å². The molecule has 0 aliphatic carbocycles. The van der Waals surface area contributed by atoms with Crippen LogP contribution in [0.15, 0.2) is 48.7 Å². The van der Waals surface area contributed by atoms with Crippen molar-refractivity contribution in [2.75, 3.05) is 13.1 Å². The molecule has 1 aromatic carbocycles. The smallest absolute Gasteiger partial charge is 0.269 e. The molecule has 23 heavy (non-hydrogen) atoms. The van der Waals surface area contributed by atoms with Crippen molar-refractivity contribution in [2.24, 2.45) is 0 Å². The van der Waals surface area contributed by atoms with Gasteiger partial charge < -0.3 is 10.6 Å². The van der Waals surface area contributed by atoms with Crippen LogP contribution in [0.2, 0.25) is 5.02 Å². The summed E-state index contributed by atoms with van der Waals surface area (Å²) in [5, 5.41) is 6.16. The zero-order valence-electron chi connectivity index (χ0n) is 12.6. The fourth-order valence-electron chi connectivity index (χ4n) is 1.96. The summed E-state index contributed by atoms with van der Waals surface area (Å²) in [5.41, 5.74) is 1.43. The van der Waals surface area contributed by atoms with E-state index in [4.69, 9.17) is 11.6 Å². The highest BCUT2D eigenvalue weighted by Crippen LogP contribution is 2.10. The van der Waals surface area contributed by atoms with E-state index in [2.05, 4.69) is 15.6 Å². The second-order valence-corrected chi connectivity index (χ2v) is 5.38. The van der Waals surface area contributed by atoms with Gasteiger partial charge in [0.25, 0.3) is 5.91 Å². The normalized spacial score (nSPS) is 10.1. The molecular formula is C17H18ClN3O2. The average molecular weight is 332 g/mol. The van der Waals surface area contributed by atoms with Crippen LogP contribution in [-0.4, -0.2) is 29.9 Å². The number of carbonyl (C=O) groups excluding carboxylic acids is 2. The number of halogens is 1. The third-order valence-corrected chi connectivity index (χ3v) is 3.44. The van der Waals surface area contributed by atoms with Gasteiger partial charge in [-0.2, -0.15) is 0 Å². The van der Waals surface area contributed by atoms with Gasteiger partial charge in [-0.3, -0.25) is 14.6 Å². The Morgan fingerprint density at radius 2 is 1.74 bits per heavy atom. The van der Waals surface area contributed by atoms with E-state index in [0.717, 1.165) is 5.56 Å². The second-order valence-electron chi connectivity index (χ2n) is 4.95. The van der Waals surface area contributed by atoms with Gasteiger partial charge in [0.2, 0.25) is 5.91 Å². The summed E-state index contributed by atoms with van der Waals surface area (Å²) < 4.78 is 0.